The van der Waals surface area contributed by atoms with Gasteiger partial charge in [0, 0.05) is 10.2 Å². The highest BCUT2D eigenvalue weighted by Gasteiger charge is 2.25. The summed E-state index contributed by atoms with van der Waals surface area (Å²) in [5.41, 5.74) is -0.0277. The SMILES string of the molecule is CCC[C@H](NC(=O)CNC(=O)Nc1ccc(Br)cc1)C(=O)OC(C)(C)C. The molecule has 0 radical (unpaired) electrons. The molecule has 3 N–H and O–H groups in total. The van der Waals surface area contributed by atoms with Crippen LogP contribution in [-0.2, 0) is 14.3 Å². The average Bonchev–Trinajstić information content (AvgIpc) is 2.53. The molecule has 26 heavy (non-hydrogen) atoms. The highest BCUT2D eigenvalue weighted by molar-refractivity contribution is 9.10. The molecule has 1 atom stereocenters. The molecule has 1 aromatic rings. The van der Waals surface area contributed by atoms with Crippen LogP contribution in [0.15, 0.2) is 28.7 Å². The minimum absolute atomic E-state index is 0.245. The molecule has 7 nitrogen and oxygen atoms in total. The van der Waals surface area contributed by atoms with Crippen molar-refractivity contribution >= 4 is 39.5 Å². The second kappa shape index (κ2) is 10.2. The number of esters is 1. The van der Waals surface area contributed by atoms with Crippen LogP contribution in [0.2, 0.25) is 0 Å². The number of benzene rings is 1. The van der Waals surface area contributed by atoms with E-state index in [2.05, 4.69) is 31.9 Å². The van der Waals surface area contributed by atoms with Crippen molar-refractivity contribution in [2.45, 2.75) is 52.2 Å². The van der Waals surface area contributed by atoms with Gasteiger partial charge in [-0.15, -0.1) is 0 Å². The first-order valence-corrected chi connectivity index (χ1v) is 9.22. The van der Waals surface area contributed by atoms with E-state index in [4.69, 9.17) is 4.74 Å². The number of carbonyl (C=O) groups is 3. The Morgan fingerprint density at radius 2 is 1.77 bits per heavy atom. The molecule has 1 aromatic carbocycles. The van der Waals surface area contributed by atoms with Gasteiger partial charge in [-0.25, -0.2) is 9.59 Å². The van der Waals surface area contributed by atoms with Gasteiger partial charge in [0.05, 0.1) is 6.54 Å². The Kier molecular flexibility index (Phi) is 8.57. The number of urea groups is 1. The molecule has 1 rings (SSSR count). The highest BCUT2D eigenvalue weighted by atomic mass is 79.9. The molecule has 0 saturated carbocycles. The molecule has 0 aliphatic rings. The lowest BCUT2D eigenvalue weighted by atomic mass is 10.1. The summed E-state index contributed by atoms with van der Waals surface area (Å²) in [6, 6.07) is 5.79. The summed E-state index contributed by atoms with van der Waals surface area (Å²) in [5, 5.41) is 7.67. The molecular formula is C18H26BrN3O4. The fraction of sp³-hybridized carbons (Fsp3) is 0.500. The van der Waals surface area contributed by atoms with Gasteiger partial charge in [0.15, 0.2) is 0 Å². The maximum Gasteiger partial charge on any atom is 0.329 e. The maximum absolute atomic E-state index is 12.2. The van der Waals surface area contributed by atoms with E-state index < -0.39 is 29.6 Å². The number of nitrogens with one attached hydrogen (secondary N) is 3. The number of halogens is 1. The molecule has 0 aliphatic carbocycles. The van der Waals surface area contributed by atoms with Crippen molar-refractivity contribution in [3.8, 4) is 0 Å². The first-order valence-electron chi connectivity index (χ1n) is 8.43. The predicted octanol–water partition coefficient (Wildman–Crippen LogP) is 3.20. The molecule has 144 valence electrons. The second-order valence-corrected chi connectivity index (χ2v) is 7.67. The number of hydrogen-bond acceptors (Lipinski definition) is 4. The molecule has 0 spiro atoms. The zero-order valence-electron chi connectivity index (χ0n) is 15.5. The lowest BCUT2D eigenvalue weighted by Crippen LogP contribution is -2.47. The Balaban J connectivity index is 2.48. The number of amides is 3. The van der Waals surface area contributed by atoms with E-state index in [1.807, 2.05) is 6.92 Å². The van der Waals surface area contributed by atoms with Crippen LogP contribution in [0.5, 0.6) is 0 Å². The number of carbonyl (C=O) groups excluding carboxylic acids is 3. The molecule has 0 saturated heterocycles. The third-order valence-corrected chi connectivity index (χ3v) is 3.64. The van der Waals surface area contributed by atoms with E-state index >= 15 is 0 Å². The smallest absolute Gasteiger partial charge is 0.329 e. The number of anilines is 1. The normalized spacial score (nSPS) is 12.0. The van der Waals surface area contributed by atoms with Gasteiger partial charge in [-0.2, -0.15) is 0 Å². The lowest BCUT2D eigenvalue weighted by molar-refractivity contribution is -0.158. The molecule has 0 bridgehead atoms. The van der Waals surface area contributed by atoms with Gasteiger partial charge in [0.25, 0.3) is 0 Å². The quantitative estimate of drug-likeness (QED) is 0.582. The fourth-order valence-electron chi connectivity index (χ4n) is 2.02. The average molecular weight is 428 g/mol. The lowest BCUT2D eigenvalue weighted by Gasteiger charge is -2.24. The Labute approximate surface area is 162 Å². The summed E-state index contributed by atoms with van der Waals surface area (Å²) in [7, 11) is 0. The summed E-state index contributed by atoms with van der Waals surface area (Å²) in [6.45, 7) is 6.97. The molecule has 8 heteroatoms. The van der Waals surface area contributed by atoms with E-state index in [0.29, 0.717) is 18.5 Å². The molecule has 0 aromatic heterocycles. The van der Waals surface area contributed by atoms with Crippen LogP contribution >= 0.6 is 15.9 Å². The van der Waals surface area contributed by atoms with E-state index in [-0.39, 0.29) is 6.54 Å². The number of rotatable bonds is 7. The molecule has 0 fully saturated rings. The third-order valence-electron chi connectivity index (χ3n) is 3.12. The minimum Gasteiger partial charge on any atom is -0.458 e. The van der Waals surface area contributed by atoms with Crippen LogP contribution in [-0.4, -0.2) is 36.1 Å². The van der Waals surface area contributed by atoms with Crippen molar-refractivity contribution in [3.05, 3.63) is 28.7 Å². The zero-order valence-corrected chi connectivity index (χ0v) is 17.1. The van der Waals surface area contributed by atoms with Crippen LogP contribution in [0, 0.1) is 0 Å². The van der Waals surface area contributed by atoms with Gasteiger partial charge in [0.1, 0.15) is 11.6 Å². The van der Waals surface area contributed by atoms with Crippen molar-refractivity contribution < 1.29 is 19.1 Å². The predicted molar refractivity (Wildman–Crippen MR) is 104 cm³/mol. The van der Waals surface area contributed by atoms with E-state index in [0.717, 1.165) is 4.47 Å². The van der Waals surface area contributed by atoms with E-state index in [1.54, 1.807) is 45.0 Å². The second-order valence-electron chi connectivity index (χ2n) is 6.76. The Morgan fingerprint density at radius 3 is 2.31 bits per heavy atom. The first kappa shape index (κ1) is 22.0. The summed E-state index contributed by atoms with van der Waals surface area (Å²) in [5.74, 6) is -0.938. The third kappa shape index (κ3) is 8.84. The molecule has 0 unspecified atom stereocenters. The topological polar surface area (TPSA) is 96.5 Å². The Bertz CT molecular complexity index is 626. The van der Waals surface area contributed by atoms with Gasteiger partial charge < -0.3 is 20.7 Å². The summed E-state index contributed by atoms with van der Waals surface area (Å²) < 4.78 is 6.21. The molecule has 0 heterocycles. The van der Waals surface area contributed by atoms with Crippen LogP contribution in [0.4, 0.5) is 10.5 Å². The van der Waals surface area contributed by atoms with Crippen molar-refractivity contribution in [1.29, 1.82) is 0 Å². The van der Waals surface area contributed by atoms with Crippen LogP contribution in [0.25, 0.3) is 0 Å². The van der Waals surface area contributed by atoms with Crippen molar-refractivity contribution in [1.82, 2.24) is 10.6 Å². The maximum atomic E-state index is 12.2. The van der Waals surface area contributed by atoms with Crippen molar-refractivity contribution in [2.24, 2.45) is 0 Å². The van der Waals surface area contributed by atoms with Gasteiger partial charge in [-0.05, 0) is 51.5 Å². The largest absolute Gasteiger partial charge is 0.458 e. The zero-order chi connectivity index (χ0) is 19.7. The fourth-order valence-corrected chi connectivity index (χ4v) is 2.29. The van der Waals surface area contributed by atoms with Gasteiger partial charge in [-0.1, -0.05) is 29.3 Å². The van der Waals surface area contributed by atoms with Crippen molar-refractivity contribution in [3.63, 3.8) is 0 Å². The number of ether oxygens (including phenoxy) is 1. The standard InChI is InChI=1S/C18H26BrN3O4/c1-5-6-14(16(24)26-18(2,3)4)22-15(23)11-20-17(25)21-13-9-7-12(19)8-10-13/h7-10,14H,5-6,11H2,1-4H3,(H,22,23)(H2,20,21,25)/t14-/m0/s1. The van der Waals surface area contributed by atoms with Gasteiger partial charge in [0.2, 0.25) is 5.91 Å². The minimum atomic E-state index is -0.733. The summed E-state index contributed by atoms with van der Waals surface area (Å²) in [4.78, 5) is 36.0. The van der Waals surface area contributed by atoms with Gasteiger partial charge in [-0.3, -0.25) is 4.79 Å². The van der Waals surface area contributed by atoms with E-state index in [1.165, 1.54) is 0 Å². The first-order chi connectivity index (χ1) is 12.1. The highest BCUT2D eigenvalue weighted by Crippen LogP contribution is 2.14. The molecule has 0 aliphatic heterocycles. The molecule has 3 amide bonds. The number of hydrogen-bond donors (Lipinski definition) is 3. The Morgan fingerprint density at radius 1 is 1.15 bits per heavy atom. The monoisotopic (exact) mass is 427 g/mol. The Hall–Kier alpha value is -2.09. The van der Waals surface area contributed by atoms with E-state index in [9.17, 15) is 14.4 Å². The van der Waals surface area contributed by atoms with Crippen LogP contribution in [0.1, 0.15) is 40.5 Å². The summed E-state index contributed by atoms with van der Waals surface area (Å²) in [6.07, 6.45) is 1.17. The van der Waals surface area contributed by atoms with Gasteiger partial charge >= 0.3 is 12.0 Å². The molecular weight excluding hydrogens is 402 g/mol. The summed E-state index contributed by atoms with van der Waals surface area (Å²) >= 11 is 3.31. The van der Waals surface area contributed by atoms with Crippen molar-refractivity contribution in [2.75, 3.05) is 11.9 Å². The van der Waals surface area contributed by atoms with Crippen LogP contribution < -0.4 is 16.0 Å². The van der Waals surface area contributed by atoms with Crippen LogP contribution in [0.3, 0.4) is 0 Å².